The summed E-state index contributed by atoms with van der Waals surface area (Å²) in [5.74, 6) is 0.371. The van der Waals surface area contributed by atoms with Gasteiger partial charge in [-0.2, -0.15) is 4.98 Å². The number of hydrogen-bond donors (Lipinski definition) is 1. The van der Waals surface area contributed by atoms with Crippen LogP contribution in [0.25, 0.3) is 49.0 Å². The minimum atomic E-state index is 0.151. The van der Waals surface area contributed by atoms with Gasteiger partial charge in [-0.15, -0.1) is 4.98 Å². The van der Waals surface area contributed by atoms with E-state index in [0.717, 1.165) is 33.0 Å². The third kappa shape index (κ3) is 2.54. The summed E-state index contributed by atoms with van der Waals surface area (Å²) in [6.45, 7) is 7.54. The van der Waals surface area contributed by atoms with Gasteiger partial charge in [0, 0.05) is 23.3 Å². The Bertz CT molecular complexity index is 1380. The Morgan fingerprint density at radius 2 is 1.71 bits per heavy atom. The molecule has 2 N–H and O–H groups in total. The molecule has 0 fully saturated rings. The SMILES string of the molecule is [C-]#[N+]c1ncc2ccc(-c3ccc4oc(N)nc4c3)cc2c1-c1ccncc1. The summed E-state index contributed by atoms with van der Waals surface area (Å²) in [5, 5.41) is 1.93. The van der Waals surface area contributed by atoms with Crippen LogP contribution in [0.2, 0.25) is 0 Å². The minimum absolute atomic E-state index is 0.151. The largest absolute Gasteiger partial charge is 0.424 e. The lowest BCUT2D eigenvalue weighted by Crippen LogP contribution is -1.87. The quantitative estimate of drug-likeness (QED) is 0.434. The number of nitrogens with two attached hydrogens (primary N) is 1. The molecule has 0 saturated carbocycles. The van der Waals surface area contributed by atoms with E-state index >= 15 is 0 Å². The van der Waals surface area contributed by atoms with Gasteiger partial charge in [-0.05, 0) is 52.4 Å². The number of rotatable bonds is 2. The molecule has 5 aromatic rings. The Labute approximate surface area is 160 Å². The van der Waals surface area contributed by atoms with E-state index in [4.69, 9.17) is 16.7 Å². The number of anilines is 1. The number of aromatic nitrogens is 3. The summed E-state index contributed by atoms with van der Waals surface area (Å²) < 4.78 is 5.36. The standard InChI is InChI=1S/C22H13N5O/c1-24-21-20(13-6-8-25-9-7-13)17-10-14(2-3-16(17)12-26-21)15-4-5-19-18(11-15)27-22(23)28-19/h2-12H,(H2,23,27). The van der Waals surface area contributed by atoms with Crippen molar-refractivity contribution in [3.8, 4) is 22.3 Å². The molecule has 6 heteroatoms. The second-order valence-corrected chi connectivity index (χ2v) is 6.34. The van der Waals surface area contributed by atoms with Crippen molar-refractivity contribution in [3.63, 3.8) is 0 Å². The van der Waals surface area contributed by atoms with Gasteiger partial charge in [0.05, 0.1) is 0 Å². The molecule has 0 unspecified atom stereocenters. The van der Waals surface area contributed by atoms with Gasteiger partial charge in [0.1, 0.15) is 11.7 Å². The summed E-state index contributed by atoms with van der Waals surface area (Å²) in [6.07, 6.45) is 5.17. The molecular weight excluding hydrogens is 350 g/mol. The van der Waals surface area contributed by atoms with Crippen molar-refractivity contribution in [1.29, 1.82) is 0 Å². The number of benzene rings is 2. The Morgan fingerprint density at radius 3 is 2.54 bits per heavy atom. The van der Waals surface area contributed by atoms with Crippen molar-refractivity contribution in [3.05, 3.63) is 78.5 Å². The first-order valence-corrected chi connectivity index (χ1v) is 8.60. The second-order valence-electron chi connectivity index (χ2n) is 6.34. The Hall–Kier alpha value is -4.24. The number of hydrogen-bond acceptors (Lipinski definition) is 5. The fraction of sp³-hybridized carbons (Fsp3) is 0. The average Bonchev–Trinajstić information content (AvgIpc) is 3.12. The molecule has 3 heterocycles. The zero-order valence-electron chi connectivity index (χ0n) is 14.6. The van der Waals surface area contributed by atoms with Crippen LogP contribution in [0.15, 0.2) is 71.5 Å². The van der Waals surface area contributed by atoms with Crippen LogP contribution >= 0.6 is 0 Å². The number of nitrogen functional groups attached to an aromatic ring is 1. The fourth-order valence-corrected chi connectivity index (χ4v) is 3.39. The second kappa shape index (κ2) is 6.18. The predicted octanol–water partition coefficient (Wildman–Crippen LogP) is 5.24. The van der Waals surface area contributed by atoms with Gasteiger partial charge in [0.2, 0.25) is 0 Å². The van der Waals surface area contributed by atoms with Crippen LogP contribution in [0.5, 0.6) is 0 Å². The molecule has 0 aliphatic rings. The molecule has 5 rings (SSSR count). The maximum atomic E-state index is 7.54. The van der Waals surface area contributed by atoms with Gasteiger partial charge in [0.15, 0.2) is 5.58 Å². The molecule has 6 nitrogen and oxygen atoms in total. The summed E-state index contributed by atoms with van der Waals surface area (Å²) >= 11 is 0. The highest BCUT2D eigenvalue weighted by Gasteiger charge is 2.14. The van der Waals surface area contributed by atoms with Crippen molar-refractivity contribution < 1.29 is 4.42 Å². The van der Waals surface area contributed by atoms with Crippen LogP contribution in [0.1, 0.15) is 0 Å². The van der Waals surface area contributed by atoms with E-state index < -0.39 is 0 Å². The highest BCUT2D eigenvalue weighted by Crippen LogP contribution is 2.37. The van der Waals surface area contributed by atoms with Crippen LogP contribution in [-0.4, -0.2) is 15.0 Å². The molecule has 2 aromatic carbocycles. The van der Waals surface area contributed by atoms with Gasteiger partial charge in [-0.3, -0.25) is 4.98 Å². The maximum Gasteiger partial charge on any atom is 0.292 e. The molecule has 28 heavy (non-hydrogen) atoms. The monoisotopic (exact) mass is 363 g/mol. The van der Waals surface area contributed by atoms with Gasteiger partial charge in [-0.1, -0.05) is 24.8 Å². The van der Waals surface area contributed by atoms with Crippen LogP contribution < -0.4 is 5.73 Å². The van der Waals surface area contributed by atoms with Gasteiger partial charge < -0.3 is 15.0 Å². The first-order valence-electron chi connectivity index (χ1n) is 8.60. The highest BCUT2D eigenvalue weighted by atomic mass is 16.4. The first kappa shape index (κ1) is 16.0. The smallest absolute Gasteiger partial charge is 0.292 e. The van der Waals surface area contributed by atoms with E-state index in [-0.39, 0.29) is 6.01 Å². The molecule has 0 radical (unpaired) electrons. The topological polar surface area (TPSA) is 82.2 Å². The number of pyridine rings is 2. The molecule has 3 aromatic heterocycles. The van der Waals surface area contributed by atoms with E-state index in [1.807, 2.05) is 42.5 Å². The Morgan fingerprint density at radius 1 is 0.929 bits per heavy atom. The van der Waals surface area contributed by atoms with E-state index in [1.165, 1.54) is 0 Å². The summed E-state index contributed by atoms with van der Waals surface area (Å²) in [6, 6.07) is 15.8. The maximum absolute atomic E-state index is 7.54. The third-order valence-corrected chi connectivity index (χ3v) is 4.68. The normalized spacial score (nSPS) is 11.0. The van der Waals surface area contributed by atoms with Crippen LogP contribution in [0, 0.1) is 6.57 Å². The van der Waals surface area contributed by atoms with Crippen molar-refractivity contribution in [2.75, 3.05) is 5.73 Å². The molecule has 0 aliphatic heterocycles. The molecule has 0 amide bonds. The third-order valence-electron chi connectivity index (χ3n) is 4.68. The highest BCUT2D eigenvalue weighted by molar-refractivity contribution is 6.03. The van der Waals surface area contributed by atoms with Crippen molar-refractivity contribution in [2.24, 2.45) is 0 Å². The van der Waals surface area contributed by atoms with E-state index in [1.54, 1.807) is 18.6 Å². The van der Waals surface area contributed by atoms with Gasteiger partial charge in [-0.25, -0.2) is 0 Å². The average molecular weight is 363 g/mol. The number of nitrogens with zero attached hydrogens (tertiary/aromatic N) is 4. The van der Waals surface area contributed by atoms with E-state index in [2.05, 4.69) is 25.9 Å². The molecular formula is C22H13N5O. The van der Waals surface area contributed by atoms with Crippen molar-refractivity contribution in [1.82, 2.24) is 15.0 Å². The lowest BCUT2D eigenvalue weighted by Gasteiger charge is -2.10. The number of oxazole rings is 1. The Kier molecular flexibility index (Phi) is 3.53. The minimum Gasteiger partial charge on any atom is -0.424 e. The lowest BCUT2D eigenvalue weighted by atomic mass is 9.96. The van der Waals surface area contributed by atoms with Crippen LogP contribution in [0.4, 0.5) is 11.8 Å². The first-order chi connectivity index (χ1) is 13.7. The fourth-order valence-electron chi connectivity index (χ4n) is 3.39. The molecule has 0 aliphatic carbocycles. The Balaban J connectivity index is 1.76. The zero-order valence-corrected chi connectivity index (χ0v) is 14.6. The van der Waals surface area contributed by atoms with Gasteiger partial charge >= 0.3 is 0 Å². The van der Waals surface area contributed by atoms with E-state index in [0.29, 0.717) is 16.9 Å². The summed E-state index contributed by atoms with van der Waals surface area (Å²) in [7, 11) is 0. The lowest BCUT2D eigenvalue weighted by molar-refractivity contribution is 0.626. The molecule has 0 spiro atoms. The van der Waals surface area contributed by atoms with Crippen molar-refractivity contribution >= 4 is 33.7 Å². The summed E-state index contributed by atoms with van der Waals surface area (Å²) in [5.41, 5.74) is 10.7. The summed E-state index contributed by atoms with van der Waals surface area (Å²) in [4.78, 5) is 16.2. The molecule has 132 valence electrons. The number of fused-ring (bicyclic) bond motifs is 2. The van der Waals surface area contributed by atoms with Crippen LogP contribution in [-0.2, 0) is 0 Å². The van der Waals surface area contributed by atoms with Crippen molar-refractivity contribution in [2.45, 2.75) is 0 Å². The van der Waals surface area contributed by atoms with E-state index in [9.17, 15) is 0 Å². The zero-order chi connectivity index (χ0) is 19.1. The molecule has 0 saturated heterocycles. The predicted molar refractivity (Wildman–Crippen MR) is 109 cm³/mol. The molecule has 0 bridgehead atoms. The molecule has 0 atom stereocenters. The van der Waals surface area contributed by atoms with Crippen LogP contribution in [0.3, 0.4) is 0 Å². The van der Waals surface area contributed by atoms with Gasteiger partial charge in [0.25, 0.3) is 11.8 Å².